The number of fused-ring (bicyclic) bond motifs is 1. The van der Waals surface area contributed by atoms with Crippen molar-refractivity contribution in [3.05, 3.63) is 22.8 Å². The zero-order valence-corrected chi connectivity index (χ0v) is 12.8. The molecule has 110 valence electrons. The number of halogens is 1. The topological polar surface area (TPSA) is 45.4 Å². The molecule has 5 heteroatoms. The smallest absolute Gasteiger partial charge is 0.148 e. The minimum atomic E-state index is 0.447. The minimum absolute atomic E-state index is 0.447. The number of piperazine rings is 1. The monoisotopic (exact) mass is 294 g/mol. The molecule has 2 aliphatic heterocycles. The molecule has 2 unspecified atom stereocenters. The lowest BCUT2D eigenvalue weighted by Crippen LogP contribution is -2.59. The van der Waals surface area contributed by atoms with Crippen LogP contribution in [0.15, 0.2) is 12.3 Å². The predicted molar refractivity (Wildman–Crippen MR) is 83.2 cm³/mol. The summed E-state index contributed by atoms with van der Waals surface area (Å²) < 4.78 is 0. The molecule has 0 radical (unpaired) electrons. The first-order valence-electron chi connectivity index (χ1n) is 7.55. The molecule has 0 aliphatic carbocycles. The molecule has 2 saturated heterocycles. The largest absolute Gasteiger partial charge is 0.350 e. The fraction of sp³-hybridized carbons (Fsp3) is 0.667. The van der Waals surface area contributed by atoms with E-state index in [1.54, 1.807) is 0 Å². The Hall–Kier alpha value is -0.840. The molecule has 2 fully saturated rings. The summed E-state index contributed by atoms with van der Waals surface area (Å²) in [4.78, 5) is 9.52. The highest BCUT2D eigenvalue weighted by molar-refractivity contribution is 6.33. The minimum Gasteiger partial charge on any atom is -0.350 e. The lowest BCUT2D eigenvalue weighted by atomic mass is 9.97. The van der Waals surface area contributed by atoms with Crippen molar-refractivity contribution in [3.63, 3.8) is 0 Å². The highest BCUT2D eigenvalue weighted by Gasteiger charge is 2.34. The lowest BCUT2D eigenvalue weighted by Gasteiger charge is -2.48. The molecule has 1 aromatic heterocycles. The summed E-state index contributed by atoms with van der Waals surface area (Å²) >= 11 is 6.48. The van der Waals surface area contributed by atoms with Gasteiger partial charge in [0.25, 0.3) is 0 Å². The van der Waals surface area contributed by atoms with Crippen molar-refractivity contribution in [1.29, 1.82) is 0 Å². The van der Waals surface area contributed by atoms with Gasteiger partial charge in [-0.15, -0.1) is 0 Å². The first-order valence-corrected chi connectivity index (χ1v) is 7.92. The van der Waals surface area contributed by atoms with E-state index in [-0.39, 0.29) is 0 Å². The van der Waals surface area contributed by atoms with E-state index in [4.69, 9.17) is 17.3 Å². The molecule has 0 amide bonds. The van der Waals surface area contributed by atoms with Crippen LogP contribution in [0.4, 0.5) is 5.82 Å². The van der Waals surface area contributed by atoms with Crippen LogP contribution in [0.3, 0.4) is 0 Å². The van der Waals surface area contributed by atoms with Gasteiger partial charge in [0.05, 0.1) is 5.02 Å². The number of hydrogen-bond acceptors (Lipinski definition) is 4. The van der Waals surface area contributed by atoms with Crippen LogP contribution in [0.25, 0.3) is 0 Å². The van der Waals surface area contributed by atoms with Gasteiger partial charge in [0.1, 0.15) is 5.82 Å². The summed E-state index contributed by atoms with van der Waals surface area (Å²) in [5.74, 6) is 0.910. The highest BCUT2D eigenvalue weighted by Crippen LogP contribution is 2.32. The van der Waals surface area contributed by atoms with Crippen LogP contribution in [0.1, 0.15) is 31.7 Å². The van der Waals surface area contributed by atoms with Crippen LogP contribution in [0, 0.1) is 0 Å². The summed E-state index contributed by atoms with van der Waals surface area (Å²) in [5, 5.41) is 0.728. The zero-order valence-electron chi connectivity index (χ0n) is 12.1. The third kappa shape index (κ3) is 2.52. The molecule has 3 rings (SSSR count). The highest BCUT2D eigenvalue weighted by atomic mass is 35.5. The van der Waals surface area contributed by atoms with Crippen LogP contribution >= 0.6 is 11.6 Å². The standard InChI is InChI=1S/C15H23ClN4/c1-11-9-19-7-3-2-4-13(19)10-20(11)15-14(16)12(8-17)5-6-18-15/h5-6,11,13H,2-4,7-10,17H2,1H3. The van der Waals surface area contributed by atoms with Crippen LogP contribution in [0.2, 0.25) is 5.02 Å². The third-order valence-electron chi connectivity index (χ3n) is 4.63. The molecular formula is C15H23ClN4. The summed E-state index contributed by atoms with van der Waals surface area (Å²) in [5.41, 5.74) is 6.73. The Morgan fingerprint density at radius 3 is 3.05 bits per heavy atom. The van der Waals surface area contributed by atoms with Gasteiger partial charge in [-0.2, -0.15) is 0 Å². The Morgan fingerprint density at radius 2 is 2.25 bits per heavy atom. The van der Waals surface area contributed by atoms with Gasteiger partial charge in [-0.3, -0.25) is 4.90 Å². The molecule has 0 bridgehead atoms. The van der Waals surface area contributed by atoms with E-state index in [0.717, 1.165) is 29.5 Å². The zero-order chi connectivity index (χ0) is 14.1. The Labute approximate surface area is 125 Å². The van der Waals surface area contributed by atoms with Gasteiger partial charge in [0.15, 0.2) is 0 Å². The quantitative estimate of drug-likeness (QED) is 0.909. The fourth-order valence-electron chi connectivity index (χ4n) is 3.48. The first kappa shape index (κ1) is 14.1. The van der Waals surface area contributed by atoms with Gasteiger partial charge in [0.2, 0.25) is 0 Å². The lowest BCUT2D eigenvalue weighted by molar-refractivity contribution is 0.115. The molecule has 2 atom stereocenters. The maximum atomic E-state index is 6.48. The Balaban J connectivity index is 1.86. The second kappa shape index (κ2) is 5.88. The third-order valence-corrected chi connectivity index (χ3v) is 5.04. The molecule has 2 N–H and O–H groups in total. The number of pyridine rings is 1. The Bertz CT molecular complexity index is 479. The van der Waals surface area contributed by atoms with Crippen molar-refractivity contribution >= 4 is 17.4 Å². The maximum absolute atomic E-state index is 6.48. The Morgan fingerprint density at radius 1 is 1.40 bits per heavy atom. The number of hydrogen-bond donors (Lipinski definition) is 1. The number of piperidine rings is 1. The average molecular weight is 295 g/mol. The van der Waals surface area contributed by atoms with Crippen LogP contribution in [-0.2, 0) is 6.54 Å². The van der Waals surface area contributed by atoms with E-state index in [1.165, 1.54) is 25.8 Å². The Kier molecular flexibility index (Phi) is 4.15. The molecule has 1 aromatic rings. The van der Waals surface area contributed by atoms with E-state index < -0.39 is 0 Å². The number of nitrogens with two attached hydrogens (primary N) is 1. The van der Waals surface area contributed by atoms with Gasteiger partial charge in [0, 0.05) is 37.9 Å². The predicted octanol–water partition coefficient (Wildman–Crippen LogP) is 2.26. The maximum Gasteiger partial charge on any atom is 0.148 e. The second-order valence-corrected chi connectivity index (χ2v) is 6.34. The number of aromatic nitrogens is 1. The molecular weight excluding hydrogens is 272 g/mol. The normalized spacial score (nSPS) is 27.4. The SMILES string of the molecule is CC1CN2CCCCC2CN1c1nccc(CN)c1Cl. The molecule has 2 aliphatic rings. The summed E-state index contributed by atoms with van der Waals surface area (Å²) in [6.45, 7) is 6.11. The van der Waals surface area contributed by atoms with E-state index in [2.05, 4.69) is 21.7 Å². The van der Waals surface area contributed by atoms with Crippen LogP contribution < -0.4 is 10.6 Å². The summed E-state index contributed by atoms with van der Waals surface area (Å²) in [6, 6.07) is 3.01. The van der Waals surface area contributed by atoms with Gasteiger partial charge >= 0.3 is 0 Å². The van der Waals surface area contributed by atoms with Crippen molar-refractivity contribution in [1.82, 2.24) is 9.88 Å². The van der Waals surface area contributed by atoms with Crippen molar-refractivity contribution < 1.29 is 0 Å². The van der Waals surface area contributed by atoms with E-state index in [0.29, 0.717) is 18.6 Å². The fourth-order valence-corrected chi connectivity index (χ4v) is 3.77. The number of rotatable bonds is 2. The summed E-state index contributed by atoms with van der Waals surface area (Å²) in [6.07, 6.45) is 5.79. The van der Waals surface area contributed by atoms with Crippen LogP contribution in [0.5, 0.6) is 0 Å². The van der Waals surface area contributed by atoms with E-state index in [9.17, 15) is 0 Å². The molecule has 3 heterocycles. The van der Waals surface area contributed by atoms with E-state index >= 15 is 0 Å². The van der Waals surface area contributed by atoms with Gasteiger partial charge in [-0.1, -0.05) is 18.0 Å². The first-order chi connectivity index (χ1) is 9.70. The van der Waals surface area contributed by atoms with Gasteiger partial charge in [-0.05, 0) is 37.9 Å². The number of nitrogens with zero attached hydrogens (tertiary/aromatic N) is 3. The van der Waals surface area contributed by atoms with E-state index in [1.807, 2.05) is 12.3 Å². The van der Waals surface area contributed by atoms with Crippen LogP contribution in [-0.4, -0.2) is 41.6 Å². The molecule has 0 saturated carbocycles. The van der Waals surface area contributed by atoms with Gasteiger partial charge < -0.3 is 10.6 Å². The van der Waals surface area contributed by atoms with Crippen molar-refractivity contribution in [2.45, 2.75) is 44.8 Å². The molecule has 4 nitrogen and oxygen atoms in total. The summed E-state index contributed by atoms with van der Waals surface area (Å²) in [7, 11) is 0. The van der Waals surface area contributed by atoms with Crippen molar-refractivity contribution in [3.8, 4) is 0 Å². The molecule has 20 heavy (non-hydrogen) atoms. The molecule has 0 aromatic carbocycles. The van der Waals surface area contributed by atoms with Gasteiger partial charge in [-0.25, -0.2) is 4.98 Å². The van der Waals surface area contributed by atoms with Crippen molar-refractivity contribution in [2.24, 2.45) is 5.73 Å². The van der Waals surface area contributed by atoms with Crippen molar-refractivity contribution in [2.75, 3.05) is 24.5 Å². The average Bonchev–Trinajstić information content (AvgIpc) is 2.47. The number of anilines is 1. The molecule has 0 spiro atoms. The second-order valence-electron chi connectivity index (χ2n) is 5.96.